The molecule has 0 radical (unpaired) electrons. The van der Waals surface area contributed by atoms with Crippen LogP contribution in [0, 0.1) is 5.82 Å². The van der Waals surface area contributed by atoms with Gasteiger partial charge in [0, 0.05) is 31.4 Å². The standard InChI is InChI=1S/C23H27FN4O2/c1-4-27(15-18-10-11-22(30-3)21(24)12-18)23(29)17-26(2)14-19-13-25-28(16-19)20-8-6-5-7-9-20/h5-13,16H,4,14-15,17H2,1-3H3. The Bertz CT molecular complexity index is 974. The van der Waals surface area contributed by atoms with Crippen molar-refractivity contribution >= 4 is 5.91 Å². The number of hydrogen-bond acceptors (Lipinski definition) is 4. The van der Waals surface area contributed by atoms with Crippen molar-refractivity contribution in [2.24, 2.45) is 0 Å². The zero-order valence-corrected chi connectivity index (χ0v) is 17.6. The van der Waals surface area contributed by atoms with Crippen LogP contribution >= 0.6 is 0 Å². The molecule has 2 aromatic carbocycles. The first kappa shape index (κ1) is 21.5. The van der Waals surface area contributed by atoms with E-state index in [1.165, 1.54) is 13.2 Å². The van der Waals surface area contributed by atoms with E-state index in [0.29, 0.717) is 19.6 Å². The summed E-state index contributed by atoms with van der Waals surface area (Å²) in [7, 11) is 3.33. The second kappa shape index (κ2) is 10.0. The fourth-order valence-electron chi connectivity index (χ4n) is 3.27. The highest BCUT2D eigenvalue weighted by molar-refractivity contribution is 5.78. The fourth-order valence-corrected chi connectivity index (χ4v) is 3.27. The Morgan fingerprint density at radius 2 is 1.90 bits per heavy atom. The van der Waals surface area contributed by atoms with Crippen LogP contribution in [0.2, 0.25) is 0 Å². The summed E-state index contributed by atoms with van der Waals surface area (Å²) in [5, 5.41) is 4.40. The quantitative estimate of drug-likeness (QED) is 0.542. The minimum Gasteiger partial charge on any atom is -0.494 e. The predicted octanol–water partition coefficient (Wildman–Crippen LogP) is 3.50. The molecule has 3 aromatic rings. The van der Waals surface area contributed by atoms with Crippen LogP contribution in [0.1, 0.15) is 18.1 Å². The fraction of sp³-hybridized carbons (Fsp3) is 0.304. The van der Waals surface area contributed by atoms with Gasteiger partial charge in [0.25, 0.3) is 0 Å². The van der Waals surface area contributed by atoms with Crippen molar-refractivity contribution < 1.29 is 13.9 Å². The van der Waals surface area contributed by atoms with E-state index in [1.807, 2.05) is 66.3 Å². The zero-order chi connectivity index (χ0) is 21.5. The summed E-state index contributed by atoms with van der Waals surface area (Å²) < 4.78 is 20.7. The lowest BCUT2D eigenvalue weighted by atomic mass is 10.2. The molecule has 0 atom stereocenters. The highest BCUT2D eigenvalue weighted by Gasteiger charge is 2.16. The van der Waals surface area contributed by atoms with Crippen molar-refractivity contribution in [1.82, 2.24) is 19.6 Å². The number of amides is 1. The van der Waals surface area contributed by atoms with Gasteiger partial charge in [-0.3, -0.25) is 9.69 Å². The van der Waals surface area contributed by atoms with E-state index in [2.05, 4.69) is 5.10 Å². The SMILES string of the molecule is CCN(Cc1ccc(OC)c(F)c1)C(=O)CN(C)Cc1cnn(-c2ccccc2)c1. The number of halogens is 1. The predicted molar refractivity (Wildman–Crippen MR) is 114 cm³/mol. The first-order chi connectivity index (χ1) is 14.5. The third-order valence-corrected chi connectivity index (χ3v) is 4.84. The number of ether oxygens (including phenoxy) is 1. The average molecular weight is 410 g/mol. The van der Waals surface area contributed by atoms with Crippen molar-refractivity contribution in [1.29, 1.82) is 0 Å². The molecule has 0 aliphatic rings. The van der Waals surface area contributed by atoms with E-state index < -0.39 is 5.82 Å². The van der Waals surface area contributed by atoms with Crippen LogP contribution in [0.5, 0.6) is 5.75 Å². The Hall–Kier alpha value is -3.19. The number of carbonyl (C=O) groups is 1. The number of likely N-dealkylation sites (N-methyl/N-ethyl adjacent to an activating group) is 2. The average Bonchev–Trinajstić information content (AvgIpc) is 3.21. The first-order valence-electron chi connectivity index (χ1n) is 9.88. The van der Waals surface area contributed by atoms with Gasteiger partial charge in [-0.1, -0.05) is 24.3 Å². The lowest BCUT2D eigenvalue weighted by Gasteiger charge is -2.24. The van der Waals surface area contributed by atoms with Gasteiger partial charge >= 0.3 is 0 Å². The second-order valence-corrected chi connectivity index (χ2v) is 7.18. The molecule has 1 heterocycles. The van der Waals surface area contributed by atoms with Crippen molar-refractivity contribution in [3.63, 3.8) is 0 Å². The molecule has 1 amide bonds. The van der Waals surface area contributed by atoms with Crippen LogP contribution in [0.25, 0.3) is 5.69 Å². The number of aromatic nitrogens is 2. The van der Waals surface area contributed by atoms with Crippen molar-refractivity contribution in [3.8, 4) is 11.4 Å². The van der Waals surface area contributed by atoms with Gasteiger partial charge < -0.3 is 9.64 Å². The third-order valence-electron chi connectivity index (χ3n) is 4.84. The highest BCUT2D eigenvalue weighted by Crippen LogP contribution is 2.19. The normalized spacial score (nSPS) is 11.0. The molecule has 0 saturated heterocycles. The molecule has 1 aromatic heterocycles. The second-order valence-electron chi connectivity index (χ2n) is 7.18. The van der Waals surface area contributed by atoms with Crippen LogP contribution in [0.3, 0.4) is 0 Å². The van der Waals surface area contributed by atoms with Crippen molar-refractivity contribution in [2.45, 2.75) is 20.0 Å². The maximum absolute atomic E-state index is 13.9. The molecule has 0 bridgehead atoms. The number of methoxy groups -OCH3 is 1. The summed E-state index contributed by atoms with van der Waals surface area (Å²) in [6.07, 6.45) is 3.78. The molecule has 6 nitrogen and oxygen atoms in total. The molecule has 0 aliphatic carbocycles. The van der Waals surface area contributed by atoms with Gasteiger partial charge in [0.05, 0.1) is 25.5 Å². The zero-order valence-electron chi connectivity index (χ0n) is 17.6. The molecule has 0 aliphatic heterocycles. The number of benzene rings is 2. The minimum absolute atomic E-state index is 0.00771. The number of para-hydroxylation sites is 1. The Morgan fingerprint density at radius 3 is 2.57 bits per heavy atom. The molecule has 0 saturated carbocycles. The Morgan fingerprint density at radius 1 is 1.13 bits per heavy atom. The van der Waals surface area contributed by atoms with Crippen molar-refractivity contribution in [3.05, 3.63) is 77.9 Å². The molecule has 0 N–H and O–H groups in total. The Kier molecular flexibility index (Phi) is 7.19. The monoisotopic (exact) mass is 410 g/mol. The van der Waals surface area contributed by atoms with Gasteiger partial charge in [0.15, 0.2) is 11.6 Å². The molecule has 30 heavy (non-hydrogen) atoms. The Balaban J connectivity index is 1.57. The van der Waals surface area contributed by atoms with Gasteiger partial charge in [0.1, 0.15) is 0 Å². The number of carbonyl (C=O) groups excluding carboxylic acids is 1. The molecule has 7 heteroatoms. The third kappa shape index (κ3) is 5.45. The van der Waals surface area contributed by atoms with Gasteiger partial charge in [0.2, 0.25) is 5.91 Å². The minimum atomic E-state index is -0.425. The van der Waals surface area contributed by atoms with Gasteiger partial charge in [-0.2, -0.15) is 5.10 Å². The van der Waals surface area contributed by atoms with Gasteiger partial charge in [-0.25, -0.2) is 9.07 Å². The number of hydrogen-bond donors (Lipinski definition) is 0. The Labute approximate surface area is 176 Å². The van der Waals surface area contributed by atoms with Gasteiger partial charge in [-0.05, 0) is 43.8 Å². The number of rotatable bonds is 9. The molecular formula is C23H27FN4O2. The van der Waals surface area contributed by atoms with Crippen LogP contribution in [-0.2, 0) is 17.9 Å². The van der Waals surface area contributed by atoms with Gasteiger partial charge in [-0.15, -0.1) is 0 Å². The van der Waals surface area contributed by atoms with Crippen molar-refractivity contribution in [2.75, 3.05) is 27.2 Å². The first-order valence-corrected chi connectivity index (χ1v) is 9.88. The summed E-state index contributed by atoms with van der Waals surface area (Å²) in [6, 6.07) is 14.7. The summed E-state index contributed by atoms with van der Waals surface area (Å²) in [5.41, 5.74) is 2.75. The van der Waals surface area contributed by atoms with E-state index in [0.717, 1.165) is 16.8 Å². The molecule has 0 fully saturated rings. The molecular weight excluding hydrogens is 383 g/mol. The van der Waals surface area contributed by atoms with E-state index in [1.54, 1.807) is 17.0 Å². The van der Waals surface area contributed by atoms with Crippen LogP contribution in [-0.4, -0.2) is 52.7 Å². The lowest BCUT2D eigenvalue weighted by Crippen LogP contribution is -2.38. The summed E-state index contributed by atoms with van der Waals surface area (Å²) >= 11 is 0. The van der Waals surface area contributed by atoms with E-state index >= 15 is 0 Å². The van der Waals surface area contributed by atoms with Crippen LogP contribution in [0.4, 0.5) is 4.39 Å². The smallest absolute Gasteiger partial charge is 0.237 e. The largest absolute Gasteiger partial charge is 0.494 e. The summed E-state index contributed by atoms with van der Waals surface area (Å²) in [4.78, 5) is 16.4. The van der Waals surface area contributed by atoms with E-state index in [4.69, 9.17) is 4.74 Å². The maximum Gasteiger partial charge on any atom is 0.237 e. The lowest BCUT2D eigenvalue weighted by molar-refractivity contribution is -0.132. The highest BCUT2D eigenvalue weighted by atomic mass is 19.1. The van der Waals surface area contributed by atoms with Crippen LogP contribution in [0.15, 0.2) is 60.9 Å². The molecule has 0 spiro atoms. The van der Waals surface area contributed by atoms with Crippen LogP contribution < -0.4 is 4.74 Å². The maximum atomic E-state index is 13.9. The topological polar surface area (TPSA) is 50.6 Å². The van der Waals surface area contributed by atoms with E-state index in [9.17, 15) is 9.18 Å². The number of nitrogens with zero attached hydrogens (tertiary/aromatic N) is 4. The molecule has 3 rings (SSSR count). The summed E-state index contributed by atoms with van der Waals surface area (Å²) in [6.45, 7) is 3.69. The molecule has 158 valence electrons. The summed E-state index contributed by atoms with van der Waals surface area (Å²) in [5.74, 6) is -0.235. The van der Waals surface area contributed by atoms with E-state index in [-0.39, 0.29) is 18.2 Å². The molecule has 0 unspecified atom stereocenters.